The topological polar surface area (TPSA) is 79.3 Å². The van der Waals surface area contributed by atoms with E-state index in [1.807, 2.05) is 30.3 Å². The number of anilines is 3. The molecule has 3 N–H and O–H groups in total. The maximum atomic E-state index is 12.4. The van der Waals surface area contributed by atoms with Crippen molar-refractivity contribution in [1.82, 2.24) is 9.97 Å². The average Bonchev–Trinajstić information content (AvgIpc) is 2.69. The van der Waals surface area contributed by atoms with Gasteiger partial charge in [0.25, 0.3) is 0 Å². The van der Waals surface area contributed by atoms with Gasteiger partial charge in [-0.1, -0.05) is 41.9 Å². The van der Waals surface area contributed by atoms with Gasteiger partial charge in [-0.3, -0.25) is 0 Å². The first-order chi connectivity index (χ1) is 14.2. The van der Waals surface area contributed by atoms with Gasteiger partial charge in [-0.2, -0.15) is 4.98 Å². The number of aliphatic hydroxyl groups is 1. The highest BCUT2D eigenvalue weighted by molar-refractivity contribution is 6.32. The maximum Gasteiger partial charge on any atom is 0.573 e. The predicted octanol–water partition coefficient (Wildman–Crippen LogP) is 5.23. The fourth-order valence-corrected chi connectivity index (χ4v) is 2.75. The molecule has 3 aromatic rings. The van der Waals surface area contributed by atoms with E-state index >= 15 is 0 Å². The molecule has 1 aromatic heterocycles. The van der Waals surface area contributed by atoms with E-state index in [-0.39, 0.29) is 23.6 Å². The number of aromatic nitrogens is 2. The van der Waals surface area contributed by atoms with Gasteiger partial charge < -0.3 is 20.5 Å². The fourth-order valence-electron chi connectivity index (χ4n) is 2.53. The molecule has 0 unspecified atom stereocenters. The largest absolute Gasteiger partial charge is 0.573 e. The SMILES string of the molecule is C[C@H](CO)Nc1nc(Nc2ccc(OC(F)(F)F)c(Cl)c2)cc(-c2ccccc2)n1. The number of alkyl halides is 3. The highest BCUT2D eigenvalue weighted by atomic mass is 35.5. The minimum Gasteiger partial charge on any atom is -0.404 e. The Balaban J connectivity index is 1.91. The number of rotatable bonds is 7. The van der Waals surface area contributed by atoms with Crippen LogP contribution in [0.1, 0.15) is 6.92 Å². The van der Waals surface area contributed by atoms with Gasteiger partial charge in [0.05, 0.1) is 17.3 Å². The molecule has 0 amide bonds. The molecule has 0 aliphatic rings. The third-order valence-electron chi connectivity index (χ3n) is 3.88. The summed E-state index contributed by atoms with van der Waals surface area (Å²) in [6.45, 7) is 1.66. The van der Waals surface area contributed by atoms with Crippen molar-refractivity contribution in [3.63, 3.8) is 0 Å². The van der Waals surface area contributed by atoms with E-state index in [4.69, 9.17) is 11.6 Å². The van der Waals surface area contributed by atoms with Crippen LogP contribution in [0.4, 0.5) is 30.6 Å². The molecule has 0 saturated carbocycles. The molecule has 0 saturated heterocycles. The summed E-state index contributed by atoms with van der Waals surface area (Å²) in [5, 5.41) is 15.1. The summed E-state index contributed by atoms with van der Waals surface area (Å²) < 4.78 is 41.1. The number of nitrogens with one attached hydrogen (secondary N) is 2. The Morgan fingerprint density at radius 1 is 1.10 bits per heavy atom. The zero-order valence-corrected chi connectivity index (χ0v) is 16.5. The zero-order valence-electron chi connectivity index (χ0n) is 15.7. The molecular formula is C20H18ClF3N4O2. The van der Waals surface area contributed by atoms with Crippen molar-refractivity contribution in [3.05, 3.63) is 59.6 Å². The molecule has 0 aliphatic carbocycles. The third-order valence-corrected chi connectivity index (χ3v) is 4.17. The van der Waals surface area contributed by atoms with E-state index in [9.17, 15) is 18.3 Å². The standard InChI is InChI=1S/C20H18ClF3N4O2/c1-12(11-29)25-19-27-16(13-5-3-2-4-6-13)10-18(28-19)26-14-7-8-17(15(21)9-14)30-20(22,23)24/h2-10,12,29H,11H2,1H3,(H2,25,26,27,28)/t12-/m1/s1. The minimum atomic E-state index is -4.83. The van der Waals surface area contributed by atoms with Crippen LogP contribution in [0.2, 0.25) is 5.02 Å². The summed E-state index contributed by atoms with van der Waals surface area (Å²) in [5.74, 6) is 0.169. The van der Waals surface area contributed by atoms with Crippen molar-refractivity contribution in [1.29, 1.82) is 0 Å². The second-order valence-corrected chi connectivity index (χ2v) is 6.78. The summed E-state index contributed by atoms with van der Waals surface area (Å²) in [7, 11) is 0. The van der Waals surface area contributed by atoms with Crippen molar-refractivity contribution in [3.8, 4) is 17.0 Å². The molecule has 1 atom stereocenters. The van der Waals surface area contributed by atoms with E-state index in [1.54, 1.807) is 13.0 Å². The van der Waals surface area contributed by atoms with Crippen molar-refractivity contribution in [2.45, 2.75) is 19.3 Å². The van der Waals surface area contributed by atoms with Crippen LogP contribution >= 0.6 is 11.6 Å². The number of hydrogen-bond acceptors (Lipinski definition) is 6. The first-order valence-corrected chi connectivity index (χ1v) is 9.25. The Morgan fingerprint density at radius 3 is 2.47 bits per heavy atom. The van der Waals surface area contributed by atoms with E-state index in [2.05, 4.69) is 25.3 Å². The van der Waals surface area contributed by atoms with Crippen molar-refractivity contribution in [2.75, 3.05) is 17.2 Å². The molecule has 3 rings (SSSR count). The quantitative estimate of drug-likeness (QED) is 0.468. The van der Waals surface area contributed by atoms with Gasteiger partial charge in [0.15, 0.2) is 0 Å². The lowest BCUT2D eigenvalue weighted by molar-refractivity contribution is -0.274. The van der Waals surface area contributed by atoms with E-state index in [0.717, 1.165) is 11.6 Å². The van der Waals surface area contributed by atoms with Crippen LogP contribution in [0.5, 0.6) is 5.75 Å². The molecule has 0 bridgehead atoms. The predicted molar refractivity (Wildman–Crippen MR) is 109 cm³/mol. The summed E-state index contributed by atoms with van der Waals surface area (Å²) >= 11 is 5.91. The van der Waals surface area contributed by atoms with Gasteiger partial charge in [-0.15, -0.1) is 13.2 Å². The molecule has 2 aromatic carbocycles. The van der Waals surface area contributed by atoms with Gasteiger partial charge >= 0.3 is 6.36 Å². The smallest absolute Gasteiger partial charge is 0.404 e. The Labute approximate surface area is 175 Å². The molecule has 10 heteroatoms. The lowest BCUT2D eigenvalue weighted by Crippen LogP contribution is -2.21. The van der Waals surface area contributed by atoms with Crippen LogP contribution in [-0.2, 0) is 0 Å². The monoisotopic (exact) mass is 438 g/mol. The Bertz CT molecular complexity index is 1000. The van der Waals surface area contributed by atoms with Crippen molar-refractivity contribution >= 4 is 29.1 Å². The first kappa shape index (κ1) is 21.7. The van der Waals surface area contributed by atoms with Gasteiger partial charge in [-0.05, 0) is 25.1 Å². The van der Waals surface area contributed by atoms with E-state index in [0.29, 0.717) is 17.2 Å². The minimum absolute atomic E-state index is 0.113. The van der Waals surface area contributed by atoms with Crippen LogP contribution in [-0.4, -0.2) is 34.1 Å². The highest BCUT2D eigenvalue weighted by Crippen LogP contribution is 2.33. The van der Waals surface area contributed by atoms with Crippen LogP contribution in [0, 0.1) is 0 Å². The maximum absolute atomic E-state index is 12.4. The Morgan fingerprint density at radius 2 is 1.83 bits per heavy atom. The molecule has 158 valence electrons. The highest BCUT2D eigenvalue weighted by Gasteiger charge is 2.32. The number of ether oxygens (including phenoxy) is 1. The molecule has 0 fully saturated rings. The zero-order chi connectivity index (χ0) is 21.7. The van der Waals surface area contributed by atoms with Crippen LogP contribution in [0.15, 0.2) is 54.6 Å². The lowest BCUT2D eigenvalue weighted by atomic mass is 10.1. The normalized spacial score (nSPS) is 12.3. The first-order valence-electron chi connectivity index (χ1n) is 8.88. The van der Waals surface area contributed by atoms with E-state index in [1.165, 1.54) is 12.1 Å². The Hall–Kier alpha value is -3.04. The van der Waals surface area contributed by atoms with Crippen molar-refractivity contribution in [2.24, 2.45) is 0 Å². The van der Waals surface area contributed by atoms with Gasteiger partial charge in [-0.25, -0.2) is 4.98 Å². The number of benzene rings is 2. The molecule has 0 aliphatic heterocycles. The van der Waals surface area contributed by atoms with Crippen molar-refractivity contribution < 1.29 is 23.0 Å². The molecule has 30 heavy (non-hydrogen) atoms. The number of halogens is 4. The summed E-state index contributed by atoms with van der Waals surface area (Å²) in [6.07, 6.45) is -4.83. The summed E-state index contributed by atoms with van der Waals surface area (Å²) in [5.41, 5.74) is 1.87. The number of nitrogens with zero attached hydrogens (tertiary/aromatic N) is 2. The molecule has 6 nitrogen and oxygen atoms in total. The van der Waals surface area contributed by atoms with Crippen LogP contribution < -0.4 is 15.4 Å². The fraction of sp³-hybridized carbons (Fsp3) is 0.200. The lowest BCUT2D eigenvalue weighted by Gasteiger charge is -2.15. The van der Waals surface area contributed by atoms with E-state index < -0.39 is 12.1 Å². The second kappa shape index (κ2) is 9.19. The van der Waals surface area contributed by atoms with Gasteiger partial charge in [0.2, 0.25) is 5.95 Å². The van der Waals surface area contributed by atoms with Crippen LogP contribution in [0.3, 0.4) is 0 Å². The van der Waals surface area contributed by atoms with Gasteiger partial charge in [0, 0.05) is 23.4 Å². The molecule has 0 spiro atoms. The van der Waals surface area contributed by atoms with Gasteiger partial charge in [0.1, 0.15) is 11.6 Å². The molecule has 0 radical (unpaired) electrons. The Kier molecular flexibility index (Phi) is 6.63. The second-order valence-electron chi connectivity index (χ2n) is 6.37. The summed E-state index contributed by atoms with van der Waals surface area (Å²) in [6, 6.07) is 14.6. The number of aliphatic hydroxyl groups excluding tert-OH is 1. The number of hydrogen-bond donors (Lipinski definition) is 3. The van der Waals surface area contributed by atoms with Crippen LogP contribution in [0.25, 0.3) is 11.3 Å². The summed E-state index contributed by atoms with van der Waals surface area (Å²) in [4.78, 5) is 8.82. The average molecular weight is 439 g/mol. The molecule has 1 heterocycles. The molecular weight excluding hydrogens is 421 g/mol. The third kappa shape index (κ3) is 5.98.